The van der Waals surface area contributed by atoms with Crippen molar-refractivity contribution in [2.45, 2.75) is 37.6 Å². The normalized spacial score (nSPS) is 17.8. The number of nitrogens with zero attached hydrogens (tertiary/aromatic N) is 2. The lowest BCUT2D eigenvalue weighted by Crippen LogP contribution is -2.28. The van der Waals surface area contributed by atoms with E-state index < -0.39 is 0 Å². The molecule has 0 spiro atoms. The molecule has 1 aromatic heterocycles. The maximum Gasteiger partial charge on any atom is 0.0946 e. The van der Waals surface area contributed by atoms with Crippen molar-refractivity contribution in [1.82, 2.24) is 9.55 Å². The van der Waals surface area contributed by atoms with Crippen molar-refractivity contribution in [2.24, 2.45) is 0 Å². The second kappa shape index (κ2) is 5.18. The lowest BCUT2D eigenvalue weighted by atomic mass is 9.78. The Morgan fingerprint density at radius 1 is 1.21 bits per heavy atom. The Morgan fingerprint density at radius 2 is 2.00 bits per heavy atom. The predicted octanol–water partition coefficient (Wildman–Crippen LogP) is 4.70. The smallest absolute Gasteiger partial charge is 0.0946 e. The van der Waals surface area contributed by atoms with Crippen LogP contribution in [0.25, 0.3) is 0 Å². The van der Waals surface area contributed by atoms with Gasteiger partial charge >= 0.3 is 0 Å². The summed E-state index contributed by atoms with van der Waals surface area (Å²) in [5.41, 5.74) is 1.35. The van der Waals surface area contributed by atoms with Gasteiger partial charge in [-0.15, -0.1) is 0 Å². The third kappa shape index (κ3) is 2.52. The van der Waals surface area contributed by atoms with E-state index in [2.05, 4.69) is 15.6 Å². The minimum atomic E-state index is 0.127. The second-order valence-corrected chi connectivity index (χ2v) is 6.19. The summed E-state index contributed by atoms with van der Waals surface area (Å²) in [5.74, 6) is 0. The third-order valence-electron chi connectivity index (χ3n) is 4.11. The van der Waals surface area contributed by atoms with Crippen LogP contribution >= 0.6 is 23.2 Å². The molecule has 0 aliphatic heterocycles. The highest BCUT2D eigenvalue weighted by atomic mass is 35.5. The third-order valence-corrected chi connectivity index (χ3v) is 4.66. The van der Waals surface area contributed by atoms with Gasteiger partial charge in [-0.25, -0.2) is 4.98 Å². The van der Waals surface area contributed by atoms with Crippen molar-refractivity contribution in [1.29, 1.82) is 0 Å². The Morgan fingerprint density at radius 3 is 2.63 bits per heavy atom. The molecule has 3 rings (SSSR count). The number of aromatic nitrogens is 2. The van der Waals surface area contributed by atoms with E-state index in [0.29, 0.717) is 5.02 Å². The molecule has 0 radical (unpaired) electrons. The van der Waals surface area contributed by atoms with Gasteiger partial charge < -0.3 is 4.57 Å². The predicted molar refractivity (Wildman–Crippen MR) is 78.8 cm³/mol. The number of imidazole rings is 1. The fourth-order valence-electron chi connectivity index (χ4n) is 3.21. The first-order valence-corrected chi connectivity index (χ1v) is 7.36. The summed E-state index contributed by atoms with van der Waals surface area (Å²) in [7, 11) is 0. The molecule has 4 heteroatoms. The van der Waals surface area contributed by atoms with Crippen molar-refractivity contribution >= 4 is 23.2 Å². The molecule has 1 fully saturated rings. The lowest BCUT2D eigenvalue weighted by molar-refractivity contribution is 0.371. The molecule has 19 heavy (non-hydrogen) atoms. The van der Waals surface area contributed by atoms with Gasteiger partial charge in [0.05, 0.1) is 6.33 Å². The van der Waals surface area contributed by atoms with E-state index in [-0.39, 0.29) is 5.41 Å². The van der Waals surface area contributed by atoms with E-state index in [1.165, 1.54) is 31.2 Å². The molecule has 0 amide bonds. The molecular weight excluding hydrogens is 279 g/mol. The van der Waals surface area contributed by atoms with E-state index in [9.17, 15) is 0 Å². The molecule has 1 saturated carbocycles. The summed E-state index contributed by atoms with van der Waals surface area (Å²) >= 11 is 12.4. The standard InChI is InChI=1S/C15H16Cl2N2/c16-12-3-4-13(14(17)9-12)15(5-1-2-6-15)10-19-8-7-18-11-19/h3-4,7-9,11H,1-2,5-6,10H2. The quantitative estimate of drug-likeness (QED) is 0.802. The molecular formula is C15H16Cl2N2. The van der Waals surface area contributed by atoms with E-state index in [0.717, 1.165) is 11.6 Å². The number of hydrogen-bond donors (Lipinski definition) is 0. The molecule has 1 heterocycles. The van der Waals surface area contributed by atoms with Gasteiger partial charge in [0.15, 0.2) is 0 Å². The van der Waals surface area contributed by atoms with E-state index in [1.807, 2.05) is 30.9 Å². The van der Waals surface area contributed by atoms with Crippen LogP contribution in [0.5, 0.6) is 0 Å². The van der Waals surface area contributed by atoms with E-state index in [4.69, 9.17) is 23.2 Å². The van der Waals surface area contributed by atoms with Gasteiger partial charge in [-0.1, -0.05) is 42.1 Å². The van der Waals surface area contributed by atoms with Crippen LogP contribution in [-0.2, 0) is 12.0 Å². The zero-order chi connectivity index (χ0) is 13.3. The minimum absolute atomic E-state index is 0.127. The highest BCUT2D eigenvalue weighted by Gasteiger charge is 2.37. The summed E-state index contributed by atoms with van der Waals surface area (Å²) in [6.07, 6.45) is 10.6. The second-order valence-electron chi connectivity index (χ2n) is 5.35. The van der Waals surface area contributed by atoms with E-state index >= 15 is 0 Å². The molecule has 0 atom stereocenters. The Labute approximate surface area is 123 Å². The van der Waals surface area contributed by atoms with Crippen LogP contribution in [0.1, 0.15) is 31.2 Å². The van der Waals surface area contributed by atoms with Gasteiger partial charge in [-0.3, -0.25) is 0 Å². The molecule has 0 bridgehead atoms. The molecule has 0 N–H and O–H groups in total. The van der Waals surface area contributed by atoms with Crippen LogP contribution in [0.3, 0.4) is 0 Å². The van der Waals surface area contributed by atoms with Crippen LogP contribution < -0.4 is 0 Å². The van der Waals surface area contributed by atoms with Crippen LogP contribution in [0.4, 0.5) is 0 Å². The molecule has 0 saturated heterocycles. The van der Waals surface area contributed by atoms with Gasteiger partial charge in [-0.05, 0) is 30.5 Å². The van der Waals surface area contributed by atoms with Gasteiger partial charge in [0, 0.05) is 34.4 Å². The SMILES string of the molecule is Clc1ccc(C2(Cn3ccnc3)CCCC2)c(Cl)c1. The average Bonchev–Trinajstić information content (AvgIpc) is 3.02. The topological polar surface area (TPSA) is 17.8 Å². The largest absolute Gasteiger partial charge is 0.337 e. The zero-order valence-electron chi connectivity index (χ0n) is 10.6. The zero-order valence-corrected chi connectivity index (χ0v) is 12.2. The van der Waals surface area contributed by atoms with Crippen molar-refractivity contribution in [3.05, 3.63) is 52.5 Å². The summed E-state index contributed by atoms with van der Waals surface area (Å²) in [6, 6.07) is 5.89. The molecule has 100 valence electrons. The number of rotatable bonds is 3. The Hall–Kier alpha value is -0.990. The van der Waals surface area contributed by atoms with Crippen LogP contribution in [-0.4, -0.2) is 9.55 Å². The molecule has 2 nitrogen and oxygen atoms in total. The fourth-order valence-corrected chi connectivity index (χ4v) is 3.82. The Kier molecular flexibility index (Phi) is 3.55. The molecule has 2 aromatic rings. The first-order chi connectivity index (χ1) is 9.20. The van der Waals surface area contributed by atoms with Crippen molar-refractivity contribution in [2.75, 3.05) is 0 Å². The summed E-state index contributed by atoms with van der Waals surface area (Å²) in [4.78, 5) is 4.13. The van der Waals surface area contributed by atoms with Crippen molar-refractivity contribution in [3.63, 3.8) is 0 Å². The van der Waals surface area contributed by atoms with Crippen LogP contribution in [0.15, 0.2) is 36.9 Å². The van der Waals surface area contributed by atoms with Crippen molar-refractivity contribution < 1.29 is 0 Å². The molecule has 1 aliphatic rings. The highest BCUT2D eigenvalue weighted by Crippen LogP contribution is 2.45. The molecule has 1 aromatic carbocycles. The summed E-state index contributed by atoms with van der Waals surface area (Å²) < 4.78 is 2.15. The fraction of sp³-hybridized carbons (Fsp3) is 0.400. The van der Waals surface area contributed by atoms with Crippen molar-refractivity contribution in [3.8, 4) is 0 Å². The molecule has 1 aliphatic carbocycles. The van der Waals surface area contributed by atoms with Gasteiger partial charge in [0.25, 0.3) is 0 Å². The first kappa shape index (κ1) is 13.0. The number of hydrogen-bond acceptors (Lipinski definition) is 1. The Bertz CT molecular complexity index is 558. The average molecular weight is 295 g/mol. The lowest BCUT2D eigenvalue weighted by Gasteiger charge is -2.31. The first-order valence-electron chi connectivity index (χ1n) is 6.61. The summed E-state index contributed by atoms with van der Waals surface area (Å²) in [5, 5.41) is 1.49. The maximum absolute atomic E-state index is 6.43. The number of benzene rings is 1. The number of halogens is 2. The van der Waals surface area contributed by atoms with Gasteiger partial charge in [0.2, 0.25) is 0 Å². The van der Waals surface area contributed by atoms with Gasteiger partial charge in [0.1, 0.15) is 0 Å². The summed E-state index contributed by atoms with van der Waals surface area (Å²) in [6.45, 7) is 0.939. The monoisotopic (exact) mass is 294 g/mol. The van der Waals surface area contributed by atoms with E-state index in [1.54, 1.807) is 0 Å². The minimum Gasteiger partial charge on any atom is -0.337 e. The van der Waals surface area contributed by atoms with Crippen LogP contribution in [0.2, 0.25) is 10.0 Å². The highest BCUT2D eigenvalue weighted by molar-refractivity contribution is 6.35. The van der Waals surface area contributed by atoms with Gasteiger partial charge in [-0.2, -0.15) is 0 Å². The maximum atomic E-state index is 6.43. The molecule has 0 unspecified atom stereocenters. The van der Waals surface area contributed by atoms with Crippen LogP contribution in [0, 0.1) is 0 Å². The Balaban J connectivity index is 2.00.